The standard InChI is InChI=1S/C25H35N5O2S/c1-5-15-30-23(22(17(2)3)27-24(32)19-13-11-18(4)12-14-19)28-29-25(30)33-16-21(31)26-20-9-7-6-8-10-20/h5,11-14,17,20,22H,1,6-10,15-16H2,2-4H3,(H,26,31)(H,27,32)/t22-/m1/s1. The Labute approximate surface area is 200 Å². The molecule has 2 N–H and O–H groups in total. The van der Waals surface area contributed by atoms with Crippen molar-refractivity contribution in [1.82, 2.24) is 25.4 Å². The zero-order chi connectivity index (χ0) is 23.8. The Balaban J connectivity index is 1.71. The number of nitrogens with one attached hydrogen (secondary N) is 2. The lowest BCUT2D eigenvalue weighted by Gasteiger charge is -2.23. The lowest BCUT2D eigenvalue weighted by atomic mass is 9.95. The highest BCUT2D eigenvalue weighted by Crippen LogP contribution is 2.26. The van der Waals surface area contributed by atoms with Crippen LogP contribution in [0.15, 0.2) is 42.1 Å². The van der Waals surface area contributed by atoms with E-state index < -0.39 is 0 Å². The Morgan fingerprint density at radius 3 is 2.52 bits per heavy atom. The van der Waals surface area contributed by atoms with Gasteiger partial charge < -0.3 is 15.2 Å². The van der Waals surface area contributed by atoms with Crippen molar-refractivity contribution in [3.8, 4) is 0 Å². The van der Waals surface area contributed by atoms with Gasteiger partial charge in [-0.2, -0.15) is 0 Å². The molecular weight excluding hydrogens is 434 g/mol. The van der Waals surface area contributed by atoms with Crippen LogP contribution in [0.25, 0.3) is 0 Å². The first-order valence-corrected chi connectivity index (χ1v) is 12.7. The Hall–Kier alpha value is -2.61. The number of benzene rings is 1. The third kappa shape index (κ3) is 6.93. The number of aromatic nitrogens is 3. The molecule has 0 unspecified atom stereocenters. The van der Waals surface area contributed by atoms with Gasteiger partial charge in [0.05, 0.1) is 11.8 Å². The average Bonchev–Trinajstić information content (AvgIpc) is 3.19. The highest BCUT2D eigenvalue weighted by molar-refractivity contribution is 7.99. The Kier molecular flexibility index (Phi) is 9.11. The molecule has 0 radical (unpaired) electrons. The summed E-state index contributed by atoms with van der Waals surface area (Å²) in [7, 11) is 0. The fourth-order valence-electron chi connectivity index (χ4n) is 4.04. The van der Waals surface area contributed by atoms with Gasteiger partial charge in [0.1, 0.15) is 0 Å². The molecule has 2 amide bonds. The predicted octanol–water partition coefficient (Wildman–Crippen LogP) is 4.44. The third-order valence-electron chi connectivity index (χ3n) is 5.90. The van der Waals surface area contributed by atoms with Crippen LogP contribution in [0.2, 0.25) is 0 Å². The van der Waals surface area contributed by atoms with Gasteiger partial charge in [0.2, 0.25) is 5.91 Å². The number of rotatable bonds is 10. The van der Waals surface area contributed by atoms with Crippen molar-refractivity contribution in [2.75, 3.05) is 5.75 Å². The first-order valence-electron chi connectivity index (χ1n) is 11.7. The van der Waals surface area contributed by atoms with Gasteiger partial charge >= 0.3 is 0 Å². The molecule has 1 aliphatic carbocycles. The molecule has 2 aromatic rings. The number of amides is 2. The van der Waals surface area contributed by atoms with E-state index in [1.54, 1.807) is 6.08 Å². The first kappa shape index (κ1) is 25.0. The van der Waals surface area contributed by atoms with Crippen molar-refractivity contribution >= 4 is 23.6 Å². The summed E-state index contributed by atoms with van der Waals surface area (Å²) >= 11 is 1.37. The number of carbonyl (C=O) groups excluding carboxylic acids is 2. The highest BCUT2D eigenvalue weighted by Gasteiger charge is 2.26. The molecule has 7 nitrogen and oxygen atoms in total. The maximum Gasteiger partial charge on any atom is 0.251 e. The van der Waals surface area contributed by atoms with Gasteiger partial charge in [-0.3, -0.25) is 9.59 Å². The van der Waals surface area contributed by atoms with Gasteiger partial charge in [-0.15, -0.1) is 16.8 Å². The number of hydrogen-bond donors (Lipinski definition) is 2. The maximum absolute atomic E-state index is 12.9. The van der Waals surface area contributed by atoms with Crippen LogP contribution in [0.3, 0.4) is 0 Å². The fourth-order valence-corrected chi connectivity index (χ4v) is 4.81. The topological polar surface area (TPSA) is 88.9 Å². The summed E-state index contributed by atoms with van der Waals surface area (Å²) in [6.07, 6.45) is 7.51. The monoisotopic (exact) mass is 469 g/mol. The van der Waals surface area contributed by atoms with Gasteiger partial charge in [0, 0.05) is 18.2 Å². The Bertz CT molecular complexity index is 948. The third-order valence-corrected chi connectivity index (χ3v) is 6.87. The summed E-state index contributed by atoms with van der Waals surface area (Å²) in [5.74, 6) is 0.922. The van der Waals surface area contributed by atoms with Gasteiger partial charge in [0.25, 0.3) is 5.91 Å². The summed E-state index contributed by atoms with van der Waals surface area (Å²) in [6.45, 7) is 10.4. The zero-order valence-corrected chi connectivity index (χ0v) is 20.7. The summed E-state index contributed by atoms with van der Waals surface area (Å²) in [6, 6.07) is 7.46. The molecule has 1 saturated carbocycles. The summed E-state index contributed by atoms with van der Waals surface area (Å²) in [4.78, 5) is 25.3. The molecule has 3 rings (SSSR count). The SMILES string of the molecule is C=CCn1c(SCC(=O)NC2CCCCC2)nnc1[C@H](NC(=O)c1ccc(C)cc1)C(C)C. The predicted molar refractivity (Wildman–Crippen MR) is 132 cm³/mol. The van der Waals surface area contributed by atoms with E-state index in [2.05, 4.69) is 27.4 Å². The first-order chi connectivity index (χ1) is 15.9. The van der Waals surface area contributed by atoms with Crippen LogP contribution in [0.1, 0.15) is 73.7 Å². The molecule has 1 aliphatic rings. The lowest BCUT2D eigenvalue weighted by Crippen LogP contribution is -2.37. The molecule has 33 heavy (non-hydrogen) atoms. The minimum absolute atomic E-state index is 0.0229. The molecule has 178 valence electrons. The van der Waals surface area contributed by atoms with E-state index >= 15 is 0 Å². The molecule has 0 saturated heterocycles. The van der Waals surface area contributed by atoms with Crippen LogP contribution in [-0.2, 0) is 11.3 Å². The lowest BCUT2D eigenvalue weighted by molar-refractivity contribution is -0.119. The van der Waals surface area contributed by atoms with Crippen LogP contribution in [0, 0.1) is 12.8 Å². The molecular formula is C25H35N5O2S. The molecule has 8 heteroatoms. The average molecular weight is 470 g/mol. The van der Waals surface area contributed by atoms with Crippen molar-refractivity contribution in [1.29, 1.82) is 0 Å². The zero-order valence-electron chi connectivity index (χ0n) is 19.8. The molecule has 0 aliphatic heterocycles. The van der Waals surface area contributed by atoms with E-state index in [9.17, 15) is 9.59 Å². The van der Waals surface area contributed by atoms with E-state index in [0.717, 1.165) is 18.4 Å². The normalized spacial score (nSPS) is 15.3. The summed E-state index contributed by atoms with van der Waals surface area (Å²) in [5, 5.41) is 15.7. The number of thioether (sulfide) groups is 1. The van der Waals surface area contributed by atoms with E-state index in [-0.39, 0.29) is 35.6 Å². The highest BCUT2D eigenvalue weighted by atomic mass is 32.2. The van der Waals surface area contributed by atoms with Crippen molar-refractivity contribution in [2.45, 2.75) is 76.7 Å². The largest absolute Gasteiger partial charge is 0.353 e. The van der Waals surface area contributed by atoms with Crippen LogP contribution in [0.5, 0.6) is 0 Å². The van der Waals surface area contributed by atoms with Crippen LogP contribution < -0.4 is 10.6 Å². The number of allylic oxidation sites excluding steroid dienone is 1. The van der Waals surface area contributed by atoms with E-state index in [1.807, 2.05) is 49.6 Å². The molecule has 1 aromatic carbocycles. The van der Waals surface area contributed by atoms with Gasteiger partial charge in [-0.05, 0) is 37.8 Å². The second-order valence-corrected chi connectivity index (χ2v) is 9.93. The van der Waals surface area contributed by atoms with Crippen molar-refractivity contribution < 1.29 is 9.59 Å². The minimum atomic E-state index is -0.323. The van der Waals surface area contributed by atoms with Crippen LogP contribution in [-0.4, -0.2) is 38.4 Å². The molecule has 0 bridgehead atoms. The van der Waals surface area contributed by atoms with E-state index in [4.69, 9.17) is 0 Å². The molecule has 1 aromatic heterocycles. The van der Waals surface area contributed by atoms with Gasteiger partial charge in [-0.1, -0.05) is 68.6 Å². The molecule has 1 heterocycles. The minimum Gasteiger partial charge on any atom is -0.353 e. The van der Waals surface area contributed by atoms with Crippen LogP contribution >= 0.6 is 11.8 Å². The van der Waals surface area contributed by atoms with E-state index in [0.29, 0.717) is 23.1 Å². The number of aryl methyl sites for hydroxylation is 1. The second-order valence-electron chi connectivity index (χ2n) is 8.99. The number of nitrogens with zero attached hydrogens (tertiary/aromatic N) is 3. The van der Waals surface area contributed by atoms with Crippen LogP contribution in [0.4, 0.5) is 0 Å². The maximum atomic E-state index is 12.9. The Morgan fingerprint density at radius 1 is 1.18 bits per heavy atom. The number of carbonyl (C=O) groups is 2. The van der Waals surface area contributed by atoms with Crippen molar-refractivity contribution in [3.63, 3.8) is 0 Å². The quantitative estimate of drug-likeness (QED) is 0.397. The Morgan fingerprint density at radius 2 is 1.88 bits per heavy atom. The fraction of sp³-hybridized carbons (Fsp3) is 0.520. The van der Waals surface area contributed by atoms with Gasteiger partial charge in [0.15, 0.2) is 11.0 Å². The summed E-state index contributed by atoms with van der Waals surface area (Å²) < 4.78 is 1.94. The van der Waals surface area contributed by atoms with E-state index in [1.165, 1.54) is 31.0 Å². The summed E-state index contributed by atoms with van der Waals surface area (Å²) in [5.41, 5.74) is 1.71. The number of hydrogen-bond acceptors (Lipinski definition) is 5. The van der Waals surface area contributed by atoms with Gasteiger partial charge in [-0.25, -0.2) is 0 Å². The molecule has 1 atom stereocenters. The smallest absolute Gasteiger partial charge is 0.251 e. The van der Waals surface area contributed by atoms with Crippen molar-refractivity contribution in [3.05, 3.63) is 53.9 Å². The second kappa shape index (κ2) is 12.0. The molecule has 1 fully saturated rings. The van der Waals surface area contributed by atoms with Crippen molar-refractivity contribution in [2.24, 2.45) is 5.92 Å². The molecule has 0 spiro atoms.